The third-order valence-electron chi connectivity index (χ3n) is 4.92. The van der Waals surface area contributed by atoms with Crippen LogP contribution in [0.1, 0.15) is 53.0 Å². The number of alkyl halides is 3. The molecule has 0 saturated carbocycles. The van der Waals surface area contributed by atoms with Gasteiger partial charge in [-0.05, 0) is 56.2 Å². The van der Waals surface area contributed by atoms with Crippen LogP contribution in [-0.4, -0.2) is 17.1 Å². The number of oxazole rings is 1. The first-order valence-corrected chi connectivity index (χ1v) is 9.52. The van der Waals surface area contributed by atoms with Crippen molar-refractivity contribution in [3.63, 3.8) is 0 Å². The van der Waals surface area contributed by atoms with Gasteiger partial charge in [0.2, 0.25) is 0 Å². The molecule has 170 valence electrons. The lowest BCUT2D eigenvalue weighted by molar-refractivity contribution is -0.146. The second-order valence-corrected chi connectivity index (χ2v) is 7.24. The van der Waals surface area contributed by atoms with Gasteiger partial charge >= 0.3 is 12.3 Å². The SMILES string of the molecule is Cc1c(F)cc([C@@H](C)NC(=O)c2coc(Oc3cccc(C(C)C(F)(F)F)c3)n2)cc1F. The van der Waals surface area contributed by atoms with Gasteiger partial charge in [-0.1, -0.05) is 12.1 Å². The minimum Gasteiger partial charge on any atom is -0.416 e. The summed E-state index contributed by atoms with van der Waals surface area (Å²) < 4.78 is 76.7. The summed E-state index contributed by atoms with van der Waals surface area (Å²) in [6.45, 7) is 3.86. The molecule has 0 fully saturated rings. The number of nitrogens with zero attached hydrogens (tertiary/aromatic N) is 1. The Hall–Kier alpha value is -3.43. The van der Waals surface area contributed by atoms with Crippen LogP contribution in [0.4, 0.5) is 22.0 Å². The van der Waals surface area contributed by atoms with E-state index in [0.717, 1.165) is 25.3 Å². The number of hydrogen-bond donors (Lipinski definition) is 1. The van der Waals surface area contributed by atoms with Crippen molar-refractivity contribution in [2.24, 2.45) is 0 Å². The first kappa shape index (κ1) is 23.2. The molecular weight excluding hydrogens is 435 g/mol. The van der Waals surface area contributed by atoms with Crippen molar-refractivity contribution in [3.8, 4) is 11.8 Å². The van der Waals surface area contributed by atoms with Crippen LogP contribution < -0.4 is 10.1 Å². The molecule has 0 radical (unpaired) electrons. The van der Waals surface area contributed by atoms with Crippen LogP contribution in [0.2, 0.25) is 0 Å². The number of hydrogen-bond acceptors (Lipinski definition) is 4. The van der Waals surface area contributed by atoms with Crippen LogP contribution in [0.5, 0.6) is 11.8 Å². The van der Waals surface area contributed by atoms with Crippen molar-refractivity contribution in [2.75, 3.05) is 0 Å². The fourth-order valence-electron chi connectivity index (χ4n) is 2.81. The second-order valence-electron chi connectivity index (χ2n) is 7.24. The summed E-state index contributed by atoms with van der Waals surface area (Å²) in [5.41, 5.74) is -0.0978. The van der Waals surface area contributed by atoms with Crippen molar-refractivity contribution in [1.29, 1.82) is 0 Å². The topological polar surface area (TPSA) is 64.4 Å². The van der Waals surface area contributed by atoms with Gasteiger partial charge in [0.15, 0.2) is 5.69 Å². The van der Waals surface area contributed by atoms with Crippen LogP contribution in [0.3, 0.4) is 0 Å². The normalized spacial score (nSPS) is 13.5. The molecule has 1 amide bonds. The van der Waals surface area contributed by atoms with Gasteiger partial charge in [-0.2, -0.15) is 18.2 Å². The molecule has 5 nitrogen and oxygen atoms in total. The van der Waals surface area contributed by atoms with Crippen LogP contribution >= 0.6 is 0 Å². The largest absolute Gasteiger partial charge is 0.416 e. The first-order chi connectivity index (χ1) is 15.0. The quantitative estimate of drug-likeness (QED) is 0.450. The molecule has 1 aromatic heterocycles. The predicted molar refractivity (Wildman–Crippen MR) is 104 cm³/mol. The molecule has 0 bridgehead atoms. The molecule has 1 unspecified atom stereocenters. The van der Waals surface area contributed by atoms with E-state index in [2.05, 4.69) is 10.3 Å². The summed E-state index contributed by atoms with van der Waals surface area (Å²) in [5.74, 6) is -3.82. The molecule has 32 heavy (non-hydrogen) atoms. The molecule has 1 N–H and O–H groups in total. The van der Waals surface area contributed by atoms with E-state index in [1.54, 1.807) is 0 Å². The summed E-state index contributed by atoms with van der Waals surface area (Å²) in [4.78, 5) is 16.2. The third-order valence-corrected chi connectivity index (χ3v) is 4.92. The number of benzene rings is 2. The third kappa shape index (κ3) is 5.24. The lowest BCUT2D eigenvalue weighted by Crippen LogP contribution is -2.27. The smallest absolute Gasteiger partial charge is 0.399 e. The minimum atomic E-state index is -4.41. The highest BCUT2D eigenvalue weighted by atomic mass is 19.4. The van der Waals surface area contributed by atoms with Crippen molar-refractivity contribution in [3.05, 3.63) is 76.7 Å². The van der Waals surface area contributed by atoms with Crippen LogP contribution in [-0.2, 0) is 0 Å². The monoisotopic (exact) mass is 454 g/mol. The molecule has 10 heteroatoms. The van der Waals surface area contributed by atoms with Gasteiger partial charge in [0.1, 0.15) is 23.6 Å². The molecule has 0 aliphatic rings. The molecule has 0 spiro atoms. The number of halogens is 5. The predicted octanol–water partition coefficient (Wildman–Crippen LogP) is 6.21. The summed E-state index contributed by atoms with van der Waals surface area (Å²) >= 11 is 0. The number of nitrogens with one attached hydrogen (secondary N) is 1. The van der Waals surface area contributed by atoms with E-state index < -0.39 is 35.7 Å². The maximum absolute atomic E-state index is 13.8. The highest BCUT2D eigenvalue weighted by Gasteiger charge is 2.37. The van der Waals surface area contributed by atoms with Gasteiger partial charge in [-0.15, -0.1) is 0 Å². The van der Waals surface area contributed by atoms with E-state index >= 15 is 0 Å². The zero-order valence-electron chi connectivity index (χ0n) is 17.3. The number of ether oxygens (including phenoxy) is 1. The average molecular weight is 454 g/mol. The number of aromatic nitrogens is 1. The molecule has 3 rings (SSSR count). The van der Waals surface area contributed by atoms with Crippen molar-refractivity contribution >= 4 is 5.91 Å². The Labute approximate surface area is 180 Å². The van der Waals surface area contributed by atoms with E-state index in [1.165, 1.54) is 38.1 Å². The van der Waals surface area contributed by atoms with Gasteiger partial charge < -0.3 is 14.5 Å². The van der Waals surface area contributed by atoms with Crippen molar-refractivity contribution in [1.82, 2.24) is 10.3 Å². The van der Waals surface area contributed by atoms with Gasteiger partial charge in [0, 0.05) is 5.56 Å². The van der Waals surface area contributed by atoms with E-state index in [4.69, 9.17) is 9.15 Å². The van der Waals surface area contributed by atoms with E-state index in [-0.39, 0.29) is 34.2 Å². The fourth-order valence-corrected chi connectivity index (χ4v) is 2.81. The van der Waals surface area contributed by atoms with E-state index in [9.17, 15) is 26.7 Å². The fraction of sp³-hybridized carbons (Fsp3) is 0.273. The van der Waals surface area contributed by atoms with Gasteiger partial charge in [0.05, 0.1) is 12.0 Å². The molecule has 2 atom stereocenters. The van der Waals surface area contributed by atoms with Crippen molar-refractivity contribution < 1.29 is 35.9 Å². The van der Waals surface area contributed by atoms with Crippen molar-refractivity contribution in [2.45, 2.75) is 38.9 Å². The molecule has 0 aliphatic carbocycles. The van der Waals surface area contributed by atoms with E-state index in [0.29, 0.717) is 0 Å². The van der Waals surface area contributed by atoms with E-state index in [1.807, 2.05) is 0 Å². The lowest BCUT2D eigenvalue weighted by Gasteiger charge is -2.16. The molecule has 0 saturated heterocycles. The number of rotatable bonds is 6. The Morgan fingerprint density at radius 1 is 1.09 bits per heavy atom. The molecule has 0 aliphatic heterocycles. The molecule has 2 aromatic carbocycles. The highest BCUT2D eigenvalue weighted by Crippen LogP contribution is 2.36. The first-order valence-electron chi connectivity index (χ1n) is 9.52. The van der Waals surface area contributed by atoms with Crippen LogP contribution in [0, 0.1) is 18.6 Å². The number of amides is 1. The Morgan fingerprint density at radius 2 is 1.75 bits per heavy atom. The van der Waals surface area contributed by atoms with Gasteiger partial charge in [-0.25, -0.2) is 8.78 Å². The Balaban J connectivity index is 1.69. The number of carbonyl (C=O) groups excluding carboxylic acids is 1. The second kappa shape index (κ2) is 8.97. The zero-order chi connectivity index (χ0) is 23.6. The maximum Gasteiger partial charge on any atom is 0.399 e. The highest BCUT2D eigenvalue weighted by molar-refractivity contribution is 5.92. The van der Waals surface area contributed by atoms with Crippen LogP contribution in [0.25, 0.3) is 0 Å². The minimum absolute atomic E-state index is 0.00842. The van der Waals surface area contributed by atoms with Gasteiger partial charge in [0.25, 0.3) is 5.91 Å². The molecule has 1 heterocycles. The molecular formula is C22H19F5N2O3. The Kier molecular flexibility index (Phi) is 6.52. The molecule has 3 aromatic rings. The summed E-state index contributed by atoms with van der Waals surface area (Å²) in [7, 11) is 0. The Morgan fingerprint density at radius 3 is 2.38 bits per heavy atom. The number of carbonyl (C=O) groups is 1. The summed E-state index contributed by atoms with van der Waals surface area (Å²) in [6.07, 6.45) is -3.77. The standard InChI is InChI=1S/C22H19F5N2O3/c1-11-17(23)8-15(9-18(11)24)13(3)28-20(30)19-10-31-21(29-19)32-16-6-4-5-14(7-16)12(2)22(25,26)27/h4-10,12-13H,1-3H3,(H,28,30)/t12?,13-/m1/s1. The average Bonchev–Trinajstić information content (AvgIpc) is 3.19. The van der Waals surface area contributed by atoms with Gasteiger partial charge in [-0.3, -0.25) is 4.79 Å². The summed E-state index contributed by atoms with van der Waals surface area (Å²) in [6, 6.07) is 6.83. The maximum atomic E-state index is 13.8. The lowest BCUT2D eigenvalue weighted by atomic mass is 10.0. The van der Waals surface area contributed by atoms with Crippen LogP contribution in [0.15, 0.2) is 47.1 Å². The Bertz CT molecular complexity index is 1100. The zero-order valence-corrected chi connectivity index (χ0v) is 17.3. The summed E-state index contributed by atoms with van der Waals surface area (Å²) in [5, 5.41) is 2.53.